The van der Waals surface area contributed by atoms with Gasteiger partial charge in [-0.1, -0.05) is 43.7 Å². The van der Waals surface area contributed by atoms with E-state index in [0.717, 1.165) is 19.5 Å². The van der Waals surface area contributed by atoms with Gasteiger partial charge in [0.05, 0.1) is 0 Å². The standard InChI is InChI=1S/C17H30N2/c1-5-10-19(11-6-2)17(4,14-18)13-16-9-7-8-15(3)12-16/h7-9,12H,5-6,10-11,13-14,18H2,1-4H3. The molecule has 0 aliphatic rings. The Labute approximate surface area is 119 Å². The summed E-state index contributed by atoms with van der Waals surface area (Å²) < 4.78 is 0. The highest BCUT2D eigenvalue weighted by molar-refractivity contribution is 5.24. The fraction of sp³-hybridized carbons (Fsp3) is 0.647. The van der Waals surface area contributed by atoms with E-state index in [9.17, 15) is 0 Å². The van der Waals surface area contributed by atoms with Gasteiger partial charge in [0, 0.05) is 12.1 Å². The quantitative estimate of drug-likeness (QED) is 0.778. The van der Waals surface area contributed by atoms with E-state index in [1.54, 1.807) is 0 Å². The minimum Gasteiger partial charge on any atom is -0.329 e. The topological polar surface area (TPSA) is 29.3 Å². The number of hydrogen-bond acceptors (Lipinski definition) is 2. The molecule has 1 aromatic carbocycles. The van der Waals surface area contributed by atoms with Gasteiger partial charge < -0.3 is 5.73 Å². The molecule has 1 atom stereocenters. The second-order valence-electron chi connectivity index (χ2n) is 5.85. The fourth-order valence-electron chi connectivity index (χ4n) is 2.77. The third-order valence-electron chi connectivity index (χ3n) is 3.86. The third kappa shape index (κ3) is 4.63. The Balaban J connectivity index is 2.88. The van der Waals surface area contributed by atoms with Crippen LogP contribution in [0.2, 0.25) is 0 Å². The predicted octanol–water partition coefficient (Wildman–Crippen LogP) is 3.38. The van der Waals surface area contributed by atoms with E-state index in [1.807, 2.05) is 0 Å². The second kappa shape index (κ2) is 7.66. The number of benzene rings is 1. The highest BCUT2D eigenvalue weighted by Crippen LogP contribution is 2.21. The smallest absolute Gasteiger partial charge is 0.0343 e. The molecule has 2 nitrogen and oxygen atoms in total. The molecule has 19 heavy (non-hydrogen) atoms. The second-order valence-corrected chi connectivity index (χ2v) is 5.85. The normalized spacial score (nSPS) is 14.6. The van der Waals surface area contributed by atoms with Crippen molar-refractivity contribution in [2.45, 2.75) is 52.5 Å². The molecular weight excluding hydrogens is 232 g/mol. The van der Waals surface area contributed by atoms with E-state index in [4.69, 9.17) is 5.73 Å². The summed E-state index contributed by atoms with van der Waals surface area (Å²) in [4.78, 5) is 2.56. The van der Waals surface area contributed by atoms with Crippen LogP contribution in [-0.2, 0) is 6.42 Å². The maximum Gasteiger partial charge on any atom is 0.0343 e. The summed E-state index contributed by atoms with van der Waals surface area (Å²) in [6.45, 7) is 11.9. The van der Waals surface area contributed by atoms with Gasteiger partial charge >= 0.3 is 0 Å². The van der Waals surface area contributed by atoms with Crippen LogP contribution >= 0.6 is 0 Å². The Morgan fingerprint density at radius 2 is 1.79 bits per heavy atom. The van der Waals surface area contributed by atoms with Crippen molar-refractivity contribution >= 4 is 0 Å². The van der Waals surface area contributed by atoms with Gasteiger partial charge in [-0.15, -0.1) is 0 Å². The SMILES string of the molecule is CCCN(CCC)C(C)(CN)Cc1cccc(C)c1. The summed E-state index contributed by atoms with van der Waals surface area (Å²) in [7, 11) is 0. The lowest BCUT2D eigenvalue weighted by Crippen LogP contribution is -2.53. The zero-order valence-electron chi connectivity index (χ0n) is 13.1. The van der Waals surface area contributed by atoms with Gasteiger partial charge in [0.25, 0.3) is 0 Å². The summed E-state index contributed by atoms with van der Waals surface area (Å²) in [6, 6.07) is 8.80. The van der Waals surface area contributed by atoms with Gasteiger partial charge in [-0.25, -0.2) is 0 Å². The number of aryl methyl sites for hydroxylation is 1. The molecular formula is C17H30N2. The predicted molar refractivity (Wildman–Crippen MR) is 84.5 cm³/mol. The van der Waals surface area contributed by atoms with Crippen LogP contribution in [0.4, 0.5) is 0 Å². The van der Waals surface area contributed by atoms with Crippen molar-refractivity contribution in [1.29, 1.82) is 0 Å². The zero-order chi connectivity index (χ0) is 14.3. The minimum atomic E-state index is 0.0693. The molecule has 0 spiro atoms. The molecule has 0 aromatic heterocycles. The third-order valence-corrected chi connectivity index (χ3v) is 3.86. The summed E-state index contributed by atoms with van der Waals surface area (Å²) in [5.74, 6) is 0. The van der Waals surface area contributed by atoms with Gasteiger partial charge in [0.1, 0.15) is 0 Å². The average Bonchev–Trinajstić information content (AvgIpc) is 2.38. The lowest BCUT2D eigenvalue weighted by molar-refractivity contribution is 0.110. The maximum atomic E-state index is 6.11. The summed E-state index contributed by atoms with van der Waals surface area (Å²) >= 11 is 0. The fourth-order valence-corrected chi connectivity index (χ4v) is 2.77. The molecule has 1 unspecified atom stereocenters. The van der Waals surface area contributed by atoms with Crippen molar-refractivity contribution in [1.82, 2.24) is 4.90 Å². The molecule has 0 heterocycles. The maximum absolute atomic E-state index is 6.11. The molecule has 1 aromatic rings. The van der Waals surface area contributed by atoms with Crippen molar-refractivity contribution in [2.75, 3.05) is 19.6 Å². The van der Waals surface area contributed by atoms with Crippen LogP contribution < -0.4 is 5.73 Å². The molecule has 0 bridgehead atoms. The molecule has 1 rings (SSSR count). The first kappa shape index (κ1) is 16.2. The molecule has 2 heteroatoms. The van der Waals surface area contributed by atoms with Crippen LogP contribution in [0.1, 0.15) is 44.7 Å². The molecule has 0 fully saturated rings. The van der Waals surface area contributed by atoms with E-state index in [1.165, 1.54) is 24.0 Å². The highest BCUT2D eigenvalue weighted by atomic mass is 15.2. The van der Waals surface area contributed by atoms with Gasteiger partial charge in [0.2, 0.25) is 0 Å². The zero-order valence-corrected chi connectivity index (χ0v) is 13.1. The summed E-state index contributed by atoms with van der Waals surface area (Å²) in [5.41, 5.74) is 8.90. The van der Waals surface area contributed by atoms with Gasteiger partial charge in [0.15, 0.2) is 0 Å². The number of hydrogen-bond donors (Lipinski definition) is 1. The lowest BCUT2D eigenvalue weighted by atomic mass is 9.90. The molecule has 2 N–H and O–H groups in total. The van der Waals surface area contributed by atoms with Crippen molar-refractivity contribution in [3.05, 3.63) is 35.4 Å². The Kier molecular flexibility index (Phi) is 6.53. The van der Waals surface area contributed by atoms with Crippen molar-refractivity contribution in [2.24, 2.45) is 5.73 Å². The Hall–Kier alpha value is -0.860. The van der Waals surface area contributed by atoms with Crippen LogP contribution in [0.15, 0.2) is 24.3 Å². The first-order chi connectivity index (χ1) is 9.05. The van der Waals surface area contributed by atoms with Crippen LogP contribution in [-0.4, -0.2) is 30.1 Å². The summed E-state index contributed by atoms with van der Waals surface area (Å²) in [5, 5.41) is 0. The molecule has 0 saturated heterocycles. The molecule has 0 amide bonds. The monoisotopic (exact) mass is 262 g/mol. The van der Waals surface area contributed by atoms with Crippen LogP contribution in [0.25, 0.3) is 0 Å². The van der Waals surface area contributed by atoms with E-state index >= 15 is 0 Å². The van der Waals surface area contributed by atoms with Crippen molar-refractivity contribution in [3.63, 3.8) is 0 Å². The number of nitrogens with two attached hydrogens (primary N) is 1. The highest BCUT2D eigenvalue weighted by Gasteiger charge is 2.29. The lowest BCUT2D eigenvalue weighted by Gasteiger charge is -2.41. The number of nitrogens with zero attached hydrogens (tertiary/aromatic N) is 1. The average molecular weight is 262 g/mol. The van der Waals surface area contributed by atoms with Gasteiger partial charge in [-0.05, 0) is 51.8 Å². The van der Waals surface area contributed by atoms with Crippen molar-refractivity contribution < 1.29 is 0 Å². The van der Waals surface area contributed by atoms with Gasteiger partial charge in [-0.2, -0.15) is 0 Å². The molecule has 0 radical (unpaired) electrons. The first-order valence-corrected chi connectivity index (χ1v) is 7.56. The molecule has 0 aliphatic heterocycles. The van der Waals surface area contributed by atoms with Crippen LogP contribution in [0.5, 0.6) is 0 Å². The van der Waals surface area contributed by atoms with Gasteiger partial charge in [-0.3, -0.25) is 4.90 Å². The largest absolute Gasteiger partial charge is 0.329 e. The first-order valence-electron chi connectivity index (χ1n) is 7.56. The van der Waals surface area contributed by atoms with E-state index < -0.39 is 0 Å². The van der Waals surface area contributed by atoms with Crippen LogP contribution in [0, 0.1) is 6.92 Å². The van der Waals surface area contributed by atoms with Crippen LogP contribution in [0.3, 0.4) is 0 Å². The van der Waals surface area contributed by atoms with E-state index in [-0.39, 0.29) is 5.54 Å². The number of rotatable bonds is 8. The molecule has 108 valence electrons. The van der Waals surface area contributed by atoms with E-state index in [0.29, 0.717) is 6.54 Å². The van der Waals surface area contributed by atoms with Crippen molar-refractivity contribution in [3.8, 4) is 0 Å². The Morgan fingerprint density at radius 1 is 1.16 bits per heavy atom. The Morgan fingerprint density at radius 3 is 2.26 bits per heavy atom. The Bertz CT molecular complexity index is 369. The summed E-state index contributed by atoms with van der Waals surface area (Å²) in [6.07, 6.45) is 3.40. The molecule has 0 aliphatic carbocycles. The molecule has 0 saturated carbocycles. The minimum absolute atomic E-state index is 0.0693. The van der Waals surface area contributed by atoms with E-state index in [2.05, 4.69) is 56.9 Å².